The number of aliphatic hydroxyl groups is 1. The first-order chi connectivity index (χ1) is 22.2. The highest BCUT2D eigenvalue weighted by atomic mass is 19.1. The predicted octanol–water partition coefficient (Wildman–Crippen LogP) is 6.30. The smallest absolute Gasteiger partial charge is 0.309 e. The summed E-state index contributed by atoms with van der Waals surface area (Å²) in [5.41, 5.74) is 2.79. The van der Waals surface area contributed by atoms with Gasteiger partial charge < -0.3 is 28.8 Å². The van der Waals surface area contributed by atoms with E-state index in [4.69, 9.17) is 23.7 Å². The van der Waals surface area contributed by atoms with E-state index in [1.54, 1.807) is 0 Å². The van der Waals surface area contributed by atoms with Gasteiger partial charge >= 0.3 is 5.97 Å². The molecule has 0 aromatic heterocycles. The van der Waals surface area contributed by atoms with Crippen LogP contribution < -0.4 is 0 Å². The predicted molar refractivity (Wildman–Crippen MR) is 174 cm³/mol. The molecule has 9 nitrogen and oxygen atoms in total. The molecule has 0 amide bonds. The Morgan fingerprint density at radius 3 is 2.65 bits per heavy atom. The topological polar surface area (TPSA) is 99.0 Å². The maximum Gasteiger partial charge on any atom is 0.309 e. The van der Waals surface area contributed by atoms with Crippen LogP contribution in [0.1, 0.15) is 77.3 Å². The van der Waals surface area contributed by atoms with E-state index in [0.29, 0.717) is 49.6 Å². The van der Waals surface area contributed by atoms with Crippen molar-refractivity contribution in [3.8, 4) is 0 Å². The van der Waals surface area contributed by atoms with Crippen molar-refractivity contribution in [2.75, 3.05) is 26.4 Å². The number of hydrogen-bond donors (Lipinski definition) is 1. The molecule has 0 spiro atoms. The molecule has 1 aliphatic carbocycles. The molecule has 4 unspecified atom stereocenters. The van der Waals surface area contributed by atoms with Crippen LogP contribution in [0.15, 0.2) is 64.9 Å². The number of carbonyl (C=O) groups excluding carboxylic acids is 1. The number of hydrogen-bond acceptors (Lipinski definition) is 9. The monoisotopic (exact) mass is 638 g/mol. The standard InChI is InChI=1S/C36H47FN2O7/c1-6-9-31(42-7-2)39-27(18-19-32(39)46-29-21-45-36(4)30(40)22-44-34(29)36)20-28(37)33(38-5)25-14-10-23(11-15-25)24-12-16-26(17-13-24)35(41)43-8-3/h10-12,14-15,19-20,26,29-31,34,40H,5-9,13,16-18,21-22H2,1-4H3/b27-20+,33-28+/t26?,29?,30?,31?,34-,36-/m1/s1. The minimum atomic E-state index is -0.830. The Bertz CT molecular complexity index is 1380. The summed E-state index contributed by atoms with van der Waals surface area (Å²) >= 11 is 0. The van der Waals surface area contributed by atoms with Gasteiger partial charge in [-0.15, -0.1) is 0 Å². The third-order valence-corrected chi connectivity index (χ3v) is 9.28. The highest BCUT2D eigenvalue weighted by Crippen LogP contribution is 2.42. The van der Waals surface area contributed by atoms with Crippen molar-refractivity contribution in [3.05, 3.63) is 71.0 Å². The van der Waals surface area contributed by atoms with Crippen LogP contribution in [-0.4, -0.2) is 79.3 Å². The van der Waals surface area contributed by atoms with Crippen LogP contribution in [0.3, 0.4) is 0 Å². The Morgan fingerprint density at radius 2 is 2.00 bits per heavy atom. The lowest BCUT2D eigenvalue weighted by Crippen LogP contribution is -2.45. The van der Waals surface area contributed by atoms with Crippen molar-refractivity contribution in [1.82, 2.24) is 4.90 Å². The van der Waals surface area contributed by atoms with Crippen LogP contribution in [-0.2, 0) is 28.5 Å². The molecule has 6 atom stereocenters. The normalized spacial score (nSPS) is 29.6. The molecule has 4 aliphatic rings. The van der Waals surface area contributed by atoms with E-state index >= 15 is 4.39 Å². The number of fused-ring (bicyclic) bond motifs is 1. The average Bonchev–Trinajstić information content (AvgIpc) is 3.70. The van der Waals surface area contributed by atoms with Crippen molar-refractivity contribution in [2.24, 2.45) is 10.9 Å². The Balaban J connectivity index is 1.36. The lowest BCUT2D eigenvalue weighted by Gasteiger charge is -2.34. The molecule has 2 saturated heterocycles. The number of rotatable bonds is 13. The zero-order valence-electron chi connectivity index (χ0n) is 27.4. The van der Waals surface area contributed by atoms with Crippen molar-refractivity contribution in [2.45, 2.75) is 96.4 Å². The minimum Gasteiger partial charge on any atom is -0.470 e. The second-order valence-electron chi connectivity index (χ2n) is 12.3. The fourth-order valence-electron chi connectivity index (χ4n) is 6.72. The molecule has 0 radical (unpaired) electrons. The van der Waals surface area contributed by atoms with Gasteiger partial charge in [-0.3, -0.25) is 14.7 Å². The zero-order valence-corrected chi connectivity index (χ0v) is 27.4. The number of allylic oxidation sites excluding steroid dienone is 5. The highest BCUT2D eigenvalue weighted by Gasteiger charge is 2.58. The number of nitrogens with zero attached hydrogens (tertiary/aromatic N) is 2. The van der Waals surface area contributed by atoms with E-state index in [2.05, 4.69) is 24.7 Å². The molecule has 0 bridgehead atoms. The van der Waals surface area contributed by atoms with Gasteiger partial charge in [-0.1, -0.05) is 43.7 Å². The van der Waals surface area contributed by atoms with Crippen LogP contribution >= 0.6 is 0 Å². The fraction of sp³-hybridized carbons (Fsp3) is 0.556. The van der Waals surface area contributed by atoms with Crippen LogP contribution in [0, 0.1) is 5.92 Å². The Labute approximate surface area is 271 Å². The Kier molecular flexibility index (Phi) is 11.1. The van der Waals surface area contributed by atoms with Gasteiger partial charge in [0.15, 0.2) is 17.8 Å². The number of benzene rings is 1. The molecule has 1 aromatic rings. The lowest BCUT2D eigenvalue weighted by atomic mass is 9.86. The lowest BCUT2D eigenvalue weighted by molar-refractivity contribution is -0.148. The van der Waals surface area contributed by atoms with E-state index in [-0.39, 0.29) is 37.0 Å². The summed E-state index contributed by atoms with van der Waals surface area (Å²) in [6, 6.07) is 7.61. The minimum absolute atomic E-state index is 0.101. The molecule has 46 heavy (non-hydrogen) atoms. The number of carbonyl (C=O) groups is 1. The largest absolute Gasteiger partial charge is 0.470 e. The Hall–Kier alpha value is -3.31. The molecule has 1 N–H and O–H groups in total. The molecule has 3 heterocycles. The average molecular weight is 639 g/mol. The van der Waals surface area contributed by atoms with E-state index in [1.165, 1.54) is 6.08 Å². The maximum atomic E-state index is 16.1. The van der Waals surface area contributed by atoms with Crippen LogP contribution in [0.4, 0.5) is 4.39 Å². The Morgan fingerprint density at radius 1 is 1.22 bits per heavy atom. The highest BCUT2D eigenvalue weighted by molar-refractivity contribution is 5.77. The van der Waals surface area contributed by atoms with Gasteiger partial charge in [0.25, 0.3) is 0 Å². The van der Waals surface area contributed by atoms with Crippen molar-refractivity contribution >= 4 is 24.0 Å². The number of ether oxygens (including phenoxy) is 5. The number of esters is 1. The number of aliphatic imine (C=N–C) groups is 1. The second-order valence-corrected chi connectivity index (χ2v) is 12.3. The van der Waals surface area contributed by atoms with E-state index in [1.807, 2.05) is 56.0 Å². The summed E-state index contributed by atoms with van der Waals surface area (Å²) in [7, 11) is 0. The fourth-order valence-corrected chi connectivity index (χ4v) is 6.72. The molecular weight excluding hydrogens is 591 g/mol. The number of aliphatic hydroxyl groups excluding tert-OH is 1. The molecule has 1 aromatic carbocycles. The van der Waals surface area contributed by atoms with Crippen LogP contribution in [0.2, 0.25) is 0 Å². The van der Waals surface area contributed by atoms with Gasteiger partial charge in [-0.05, 0) is 76.5 Å². The van der Waals surface area contributed by atoms with E-state index in [0.717, 1.165) is 30.4 Å². The maximum absolute atomic E-state index is 16.1. The number of halogens is 1. The summed E-state index contributed by atoms with van der Waals surface area (Å²) in [4.78, 5) is 18.1. The zero-order chi connectivity index (χ0) is 32.8. The van der Waals surface area contributed by atoms with Crippen molar-refractivity contribution < 1.29 is 38.0 Å². The van der Waals surface area contributed by atoms with E-state index in [9.17, 15) is 9.90 Å². The third-order valence-electron chi connectivity index (χ3n) is 9.28. The SMILES string of the molecule is C=N/C(=C(F)\C=C1/CC=C(OC2CO[C@]3(C)C(O)CO[C@H]23)N1C(CCC)OCC)c1ccc(C2=CCC(C(=O)OCC)CC2)cc1. The van der Waals surface area contributed by atoms with Crippen molar-refractivity contribution in [3.63, 3.8) is 0 Å². The molecule has 3 aliphatic heterocycles. The van der Waals surface area contributed by atoms with Crippen LogP contribution in [0.5, 0.6) is 0 Å². The van der Waals surface area contributed by atoms with Gasteiger partial charge in [0, 0.05) is 24.3 Å². The van der Waals surface area contributed by atoms with Crippen LogP contribution in [0.25, 0.3) is 11.3 Å². The summed E-state index contributed by atoms with van der Waals surface area (Å²) in [6.45, 7) is 12.7. The molecule has 250 valence electrons. The summed E-state index contributed by atoms with van der Waals surface area (Å²) < 4.78 is 45.7. The molecule has 2 fully saturated rings. The summed E-state index contributed by atoms with van der Waals surface area (Å²) in [5, 5.41) is 10.4. The van der Waals surface area contributed by atoms with Gasteiger partial charge in [0.05, 0.1) is 25.7 Å². The quantitative estimate of drug-likeness (QED) is 0.199. The summed E-state index contributed by atoms with van der Waals surface area (Å²) in [5.74, 6) is -0.204. The summed E-state index contributed by atoms with van der Waals surface area (Å²) in [6.07, 6.45) is 7.71. The van der Waals surface area contributed by atoms with Crippen molar-refractivity contribution in [1.29, 1.82) is 0 Å². The third kappa shape index (κ3) is 7.00. The van der Waals surface area contributed by atoms with Gasteiger partial charge in [-0.2, -0.15) is 0 Å². The van der Waals surface area contributed by atoms with E-state index < -0.39 is 29.7 Å². The van der Waals surface area contributed by atoms with Gasteiger partial charge in [-0.25, -0.2) is 4.39 Å². The molecule has 5 rings (SSSR count). The molecule has 0 saturated carbocycles. The van der Waals surface area contributed by atoms with Gasteiger partial charge in [0.1, 0.15) is 29.7 Å². The second kappa shape index (κ2) is 15.1. The first-order valence-electron chi connectivity index (χ1n) is 16.5. The first kappa shape index (κ1) is 34.0. The first-order valence-corrected chi connectivity index (χ1v) is 16.5. The van der Waals surface area contributed by atoms with Gasteiger partial charge in [0.2, 0.25) is 0 Å². The molecular formula is C36H47FN2O7. The molecule has 10 heteroatoms.